The molecule has 0 amide bonds. The summed E-state index contributed by atoms with van der Waals surface area (Å²) in [7, 11) is 0. The van der Waals surface area contributed by atoms with E-state index in [0.717, 1.165) is 21.3 Å². The van der Waals surface area contributed by atoms with Gasteiger partial charge in [-0.3, -0.25) is 9.36 Å². The maximum atomic E-state index is 12.7. The molecule has 3 heterocycles. The molecule has 0 N–H and O–H groups in total. The van der Waals surface area contributed by atoms with Gasteiger partial charge in [-0.2, -0.15) is 0 Å². The molecule has 4 rings (SSSR count). The van der Waals surface area contributed by atoms with Crippen LogP contribution in [0.1, 0.15) is 16.3 Å². The summed E-state index contributed by atoms with van der Waals surface area (Å²) in [6, 6.07) is 9.80. The second kappa shape index (κ2) is 8.94. The first-order chi connectivity index (χ1) is 14.1. The summed E-state index contributed by atoms with van der Waals surface area (Å²) in [5, 5.41) is 6.19. The minimum absolute atomic E-state index is 0.0240. The van der Waals surface area contributed by atoms with Crippen LogP contribution in [0, 0.1) is 6.92 Å². The van der Waals surface area contributed by atoms with E-state index in [1.54, 1.807) is 22.0 Å². The predicted octanol–water partition coefficient (Wildman–Crippen LogP) is 5.28. The summed E-state index contributed by atoms with van der Waals surface area (Å²) in [6.45, 7) is 6.69. The van der Waals surface area contributed by atoms with Crippen LogP contribution in [-0.4, -0.2) is 14.5 Å². The number of hydrogen-bond acceptors (Lipinski definition) is 7. The maximum Gasteiger partial charge on any atom is 0.263 e. The number of aryl methyl sites for hydroxylation is 1. The molecule has 0 saturated heterocycles. The van der Waals surface area contributed by atoms with Gasteiger partial charge in [0, 0.05) is 17.7 Å². The topological polar surface area (TPSA) is 57.0 Å². The zero-order valence-electron chi connectivity index (χ0n) is 15.8. The van der Waals surface area contributed by atoms with Crippen molar-refractivity contribution in [2.75, 3.05) is 0 Å². The molecule has 1 aromatic carbocycles. The van der Waals surface area contributed by atoms with Gasteiger partial charge >= 0.3 is 0 Å². The summed E-state index contributed by atoms with van der Waals surface area (Å²) in [4.78, 5) is 22.8. The molecule has 0 saturated carbocycles. The molecule has 8 heteroatoms. The largest absolute Gasteiger partial charge is 0.486 e. The van der Waals surface area contributed by atoms with Crippen molar-refractivity contribution in [2.45, 2.75) is 31.0 Å². The molecule has 4 aromatic rings. The molecular weight excluding hydrogens is 422 g/mol. The monoisotopic (exact) mass is 441 g/mol. The Hall–Kier alpha value is -2.42. The average molecular weight is 442 g/mol. The standard InChI is InChI=1S/C21H19N3O2S3/c1-3-9-24-20(25)17-8-10-27-19(17)23-21(24)29-13-15-12-28-18(22-15)11-26-16-6-4-14(2)5-7-16/h3-8,10,12H,1,9,11,13H2,2H3. The van der Waals surface area contributed by atoms with Crippen LogP contribution in [-0.2, 0) is 18.9 Å². The van der Waals surface area contributed by atoms with E-state index in [0.29, 0.717) is 29.4 Å². The van der Waals surface area contributed by atoms with Gasteiger partial charge in [-0.25, -0.2) is 9.97 Å². The lowest BCUT2D eigenvalue weighted by atomic mass is 10.2. The van der Waals surface area contributed by atoms with Gasteiger partial charge in [0.2, 0.25) is 0 Å². The number of benzene rings is 1. The van der Waals surface area contributed by atoms with Crippen LogP contribution in [0.3, 0.4) is 0 Å². The fourth-order valence-electron chi connectivity index (χ4n) is 2.73. The first kappa shape index (κ1) is 19.9. The quantitative estimate of drug-likeness (QED) is 0.211. The van der Waals surface area contributed by atoms with Gasteiger partial charge in [-0.15, -0.1) is 29.3 Å². The van der Waals surface area contributed by atoms with Crippen LogP contribution < -0.4 is 10.3 Å². The average Bonchev–Trinajstić information content (AvgIpc) is 3.38. The second-order valence-corrected chi connectivity index (χ2v) is 9.14. The van der Waals surface area contributed by atoms with Crippen molar-refractivity contribution < 1.29 is 4.74 Å². The van der Waals surface area contributed by atoms with Gasteiger partial charge in [0.05, 0.1) is 11.1 Å². The lowest BCUT2D eigenvalue weighted by Crippen LogP contribution is -2.22. The lowest BCUT2D eigenvalue weighted by Gasteiger charge is -2.09. The van der Waals surface area contributed by atoms with Gasteiger partial charge in [0.1, 0.15) is 22.2 Å². The molecule has 148 valence electrons. The summed E-state index contributed by atoms with van der Waals surface area (Å²) in [5.74, 6) is 1.48. The summed E-state index contributed by atoms with van der Waals surface area (Å²) >= 11 is 4.57. The number of aromatic nitrogens is 3. The Morgan fingerprint density at radius 1 is 1.21 bits per heavy atom. The van der Waals surface area contributed by atoms with E-state index < -0.39 is 0 Å². The third-order valence-corrected chi connectivity index (χ3v) is 6.88. The number of rotatable bonds is 8. The van der Waals surface area contributed by atoms with Crippen LogP contribution in [0.25, 0.3) is 10.2 Å². The first-order valence-corrected chi connectivity index (χ1v) is 11.7. The van der Waals surface area contributed by atoms with Crippen molar-refractivity contribution in [3.05, 3.63) is 80.4 Å². The van der Waals surface area contributed by atoms with E-state index in [-0.39, 0.29) is 5.56 Å². The Bertz CT molecular complexity index is 1190. The van der Waals surface area contributed by atoms with Crippen molar-refractivity contribution in [3.63, 3.8) is 0 Å². The van der Waals surface area contributed by atoms with Gasteiger partial charge in [-0.05, 0) is 30.5 Å². The molecule has 0 aliphatic heterocycles. The van der Waals surface area contributed by atoms with E-state index in [1.807, 2.05) is 48.0 Å². The van der Waals surface area contributed by atoms with Gasteiger partial charge in [0.15, 0.2) is 5.16 Å². The summed E-state index contributed by atoms with van der Waals surface area (Å²) in [5.41, 5.74) is 2.13. The SMILES string of the molecule is C=CCn1c(SCc2csc(COc3ccc(C)cc3)n2)nc2sccc2c1=O. The molecule has 0 aliphatic carbocycles. The smallest absolute Gasteiger partial charge is 0.263 e. The van der Waals surface area contributed by atoms with Crippen molar-refractivity contribution >= 4 is 44.7 Å². The fraction of sp³-hybridized carbons (Fsp3) is 0.190. The van der Waals surface area contributed by atoms with E-state index in [2.05, 4.69) is 16.5 Å². The minimum atomic E-state index is -0.0240. The minimum Gasteiger partial charge on any atom is -0.486 e. The third-order valence-electron chi connectivity index (χ3n) is 4.19. The Labute approximate surface area is 180 Å². The fourth-order valence-corrected chi connectivity index (χ4v) is 5.25. The maximum absolute atomic E-state index is 12.7. The van der Waals surface area contributed by atoms with Crippen LogP contribution >= 0.6 is 34.4 Å². The molecule has 5 nitrogen and oxygen atoms in total. The summed E-state index contributed by atoms with van der Waals surface area (Å²) < 4.78 is 7.47. The molecule has 0 spiro atoms. The molecule has 0 fully saturated rings. The number of allylic oxidation sites excluding steroid dienone is 1. The van der Waals surface area contributed by atoms with E-state index in [4.69, 9.17) is 4.74 Å². The zero-order chi connectivity index (χ0) is 20.2. The summed E-state index contributed by atoms with van der Waals surface area (Å²) in [6.07, 6.45) is 1.72. The van der Waals surface area contributed by atoms with E-state index in [1.165, 1.54) is 28.7 Å². The van der Waals surface area contributed by atoms with Gasteiger partial charge in [0.25, 0.3) is 5.56 Å². The van der Waals surface area contributed by atoms with Gasteiger partial charge in [-0.1, -0.05) is 35.5 Å². The molecule has 0 bridgehead atoms. The molecule has 0 atom stereocenters. The molecule has 0 radical (unpaired) electrons. The Balaban J connectivity index is 1.44. The number of hydrogen-bond donors (Lipinski definition) is 0. The van der Waals surface area contributed by atoms with Crippen LogP contribution in [0.15, 0.2) is 63.7 Å². The Morgan fingerprint density at radius 3 is 2.83 bits per heavy atom. The molecule has 29 heavy (non-hydrogen) atoms. The normalized spacial score (nSPS) is 11.1. The highest BCUT2D eigenvalue weighted by Gasteiger charge is 2.13. The second-order valence-electron chi connectivity index (χ2n) is 6.36. The van der Waals surface area contributed by atoms with Gasteiger partial charge < -0.3 is 4.74 Å². The highest BCUT2D eigenvalue weighted by molar-refractivity contribution is 7.98. The van der Waals surface area contributed by atoms with Crippen LogP contribution in [0.4, 0.5) is 0 Å². The number of thiophene rings is 1. The van der Waals surface area contributed by atoms with Crippen molar-refractivity contribution in [3.8, 4) is 5.75 Å². The number of fused-ring (bicyclic) bond motifs is 1. The molecule has 0 unspecified atom stereocenters. The van der Waals surface area contributed by atoms with Crippen LogP contribution in [0.2, 0.25) is 0 Å². The Kier molecular flexibility index (Phi) is 6.13. The predicted molar refractivity (Wildman–Crippen MR) is 121 cm³/mol. The zero-order valence-corrected chi connectivity index (χ0v) is 18.3. The number of thioether (sulfide) groups is 1. The van der Waals surface area contributed by atoms with Crippen LogP contribution in [0.5, 0.6) is 5.75 Å². The molecule has 3 aromatic heterocycles. The van der Waals surface area contributed by atoms with Crippen molar-refractivity contribution in [1.29, 1.82) is 0 Å². The van der Waals surface area contributed by atoms with E-state index in [9.17, 15) is 4.79 Å². The highest BCUT2D eigenvalue weighted by atomic mass is 32.2. The first-order valence-electron chi connectivity index (χ1n) is 8.98. The third kappa shape index (κ3) is 4.60. The molecular formula is C21H19N3O2S3. The van der Waals surface area contributed by atoms with E-state index >= 15 is 0 Å². The Morgan fingerprint density at radius 2 is 2.03 bits per heavy atom. The molecule has 0 aliphatic rings. The van der Waals surface area contributed by atoms with Crippen molar-refractivity contribution in [2.24, 2.45) is 0 Å². The highest BCUT2D eigenvalue weighted by Crippen LogP contribution is 2.25. The number of thiazole rings is 1. The number of nitrogens with zero attached hydrogens (tertiary/aromatic N) is 3. The lowest BCUT2D eigenvalue weighted by molar-refractivity contribution is 0.305. The van der Waals surface area contributed by atoms with Crippen molar-refractivity contribution in [1.82, 2.24) is 14.5 Å². The number of ether oxygens (including phenoxy) is 1.